The van der Waals surface area contributed by atoms with Crippen molar-refractivity contribution in [2.75, 3.05) is 32.8 Å². The summed E-state index contributed by atoms with van der Waals surface area (Å²) in [5.74, 6) is 0.237. The first kappa shape index (κ1) is 16.4. The molecule has 0 radical (unpaired) electrons. The van der Waals surface area contributed by atoms with E-state index in [1.54, 1.807) is 0 Å². The van der Waals surface area contributed by atoms with Crippen LogP contribution in [0.1, 0.15) is 33.6 Å². The van der Waals surface area contributed by atoms with Crippen molar-refractivity contribution in [2.24, 2.45) is 11.7 Å². The molecule has 2 atom stereocenters. The Morgan fingerprint density at radius 3 is 2.47 bits per heavy atom. The molecule has 0 aromatic heterocycles. The van der Waals surface area contributed by atoms with Gasteiger partial charge in [-0.15, -0.1) is 0 Å². The van der Waals surface area contributed by atoms with E-state index in [2.05, 4.69) is 24.1 Å². The van der Waals surface area contributed by atoms with Crippen LogP contribution >= 0.6 is 0 Å². The van der Waals surface area contributed by atoms with E-state index in [1.807, 2.05) is 6.92 Å². The molecule has 5 heteroatoms. The summed E-state index contributed by atoms with van der Waals surface area (Å²) in [6.07, 6.45) is 1.78. The highest BCUT2D eigenvalue weighted by Gasteiger charge is 2.27. The average Bonchev–Trinajstić information content (AvgIpc) is 2.44. The quantitative estimate of drug-likeness (QED) is 0.711. The molecule has 0 aromatic rings. The number of nitrogens with two attached hydrogens (primary N) is 1. The Bertz CT molecular complexity index is 263. The minimum absolute atomic E-state index is 0.0217. The second-order valence-corrected chi connectivity index (χ2v) is 5.37. The van der Waals surface area contributed by atoms with Crippen molar-refractivity contribution >= 4 is 5.91 Å². The van der Waals surface area contributed by atoms with E-state index < -0.39 is 6.04 Å². The number of hydrogen-bond donors (Lipinski definition) is 2. The molecule has 0 bridgehead atoms. The molecule has 1 saturated heterocycles. The van der Waals surface area contributed by atoms with Crippen molar-refractivity contribution < 1.29 is 9.53 Å². The number of nitrogens with one attached hydrogen (secondary N) is 1. The molecule has 1 rings (SSSR count). The third-order valence-electron chi connectivity index (χ3n) is 3.89. The van der Waals surface area contributed by atoms with Crippen LogP contribution in [0.5, 0.6) is 0 Å². The highest BCUT2D eigenvalue weighted by atomic mass is 16.5. The number of ether oxygens (including phenoxy) is 1. The van der Waals surface area contributed by atoms with Gasteiger partial charge in [0.05, 0.1) is 6.04 Å². The van der Waals surface area contributed by atoms with E-state index in [0.29, 0.717) is 0 Å². The number of likely N-dealkylation sites (N-methyl/N-ethyl adjacent to an activating group) is 1. The minimum atomic E-state index is -0.400. The van der Waals surface area contributed by atoms with Crippen molar-refractivity contribution in [3.8, 4) is 0 Å². The summed E-state index contributed by atoms with van der Waals surface area (Å²) in [6.45, 7) is 10.6. The predicted octanol–water partition coefficient (Wildman–Crippen LogP) is 0.587. The van der Waals surface area contributed by atoms with Crippen molar-refractivity contribution in [3.63, 3.8) is 0 Å². The fraction of sp³-hybridized carbons (Fsp3) is 0.929. The van der Waals surface area contributed by atoms with Crippen LogP contribution < -0.4 is 11.1 Å². The van der Waals surface area contributed by atoms with E-state index in [0.717, 1.165) is 45.7 Å². The Balaban J connectivity index is 2.35. The van der Waals surface area contributed by atoms with Crippen molar-refractivity contribution in [1.82, 2.24) is 10.2 Å². The molecule has 1 amide bonds. The van der Waals surface area contributed by atoms with Crippen molar-refractivity contribution in [1.29, 1.82) is 0 Å². The Labute approximate surface area is 116 Å². The topological polar surface area (TPSA) is 67.6 Å². The maximum Gasteiger partial charge on any atom is 0.237 e. The second-order valence-electron chi connectivity index (χ2n) is 5.37. The highest BCUT2D eigenvalue weighted by Crippen LogP contribution is 2.17. The first-order chi connectivity index (χ1) is 9.08. The second kappa shape index (κ2) is 8.51. The van der Waals surface area contributed by atoms with Gasteiger partial charge in [-0.05, 0) is 38.8 Å². The monoisotopic (exact) mass is 271 g/mol. The van der Waals surface area contributed by atoms with Crippen LogP contribution in [-0.4, -0.2) is 55.7 Å². The molecular weight excluding hydrogens is 242 g/mol. The van der Waals surface area contributed by atoms with Crippen LogP contribution in [0, 0.1) is 5.92 Å². The van der Waals surface area contributed by atoms with Gasteiger partial charge in [0.1, 0.15) is 0 Å². The summed E-state index contributed by atoms with van der Waals surface area (Å²) in [5.41, 5.74) is 6.05. The number of carbonyl (C=O) groups is 1. The maximum atomic E-state index is 12.1. The molecule has 5 nitrogen and oxygen atoms in total. The Kier molecular flexibility index (Phi) is 7.34. The summed E-state index contributed by atoms with van der Waals surface area (Å²) >= 11 is 0. The molecule has 1 aliphatic rings. The van der Waals surface area contributed by atoms with E-state index in [-0.39, 0.29) is 17.9 Å². The number of carbonyl (C=O) groups excluding carboxylic acids is 1. The minimum Gasteiger partial charge on any atom is -0.381 e. The van der Waals surface area contributed by atoms with Gasteiger partial charge in [-0.2, -0.15) is 0 Å². The largest absolute Gasteiger partial charge is 0.381 e. The fourth-order valence-corrected chi connectivity index (χ4v) is 2.54. The SMILES string of the molecule is CCN(CC)CC(C)NC(=O)C(N)C1CCOCC1. The van der Waals surface area contributed by atoms with Gasteiger partial charge in [-0.3, -0.25) is 4.79 Å². The third kappa shape index (κ3) is 5.47. The van der Waals surface area contributed by atoms with Gasteiger partial charge >= 0.3 is 0 Å². The maximum absolute atomic E-state index is 12.1. The van der Waals surface area contributed by atoms with Gasteiger partial charge in [-0.1, -0.05) is 13.8 Å². The Morgan fingerprint density at radius 2 is 1.95 bits per heavy atom. The normalized spacial score (nSPS) is 20.3. The fourth-order valence-electron chi connectivity index (χ4n) is 2.54. The Hall–Kier alpha value is -0.650. The Morgan fingerprint density at radius 1 is 1.37 bits per heavy atom. The molecule has 19 heavy (non-hydrogen) atoms. The van der Waals surface area contributed by atoms with E-state index in [1.165, 1.54) is 0 Å². The molecule has 0 spiro atoms. The first-order valence-electron chi connectivity index (χ1n) is 7.44. The van der Waals surface area contributed by atoms with Gasteiger partial charge in [-0.25, -0.2) is 0 Å². The standard InChI is InChI=1S/C14H29N3O2/c1-4-17(5-2)10-11(3)16-14(18)13(15)12-6-8-19-9-7-12/h11-13H,4-10,15H2,1-3H3,(H,16,18). The van der Waals surface area contributed by atoms with Gasteiger partial charge < -0.3 is 20.7 Å². The molecule has 1 fully saturated rings. The molecule has 0 saturated carbocycles. The summed E-state index contributed by atoms with van der Waals surface area (Å²) in [7, 11) is 0. The van der Waals surface area contributed by atoms with E-state index in [4.69, 9.17) is 10.5 Å². The number of amides is 1. The van der Waals surface area contributed by atoms with E-state index >= 15 is 0 Å². The summed E-state index contributed by atoms with van der Waals surface area (Å²) in [5, 5.41) is 3.03. The smallest absolute Gasteiger partial charge is 0.237 e. The first-order valence-corrected chi connectivity index (χ1v) is 7.44. The van der Waals surface area contributed by atoms with Crippen LogP contribution in [0.2, 0.25) is 0 Å². The average molecular weight is 271 g/mol. The molecule has 2 unspecified atom stereocenters. The van der Waals surface area contributed by atoms with Crippen LogP contribution in [0.25, 0.3) is 0 Å². The van der Waals surface area contributed by atoms with E-state index in [9.17, 15) is 4.79 Å². The molecule has 1 aliphatic heterocycles. The van der Waals surface area contributed by atoms with Crippen LogP contribution in [0.3, 0.4) is 0 Å². The zero-order valence-corrected chi connectivity index (χ0v) is 12.5. The van der Waals surface area contributed by atoms with Gasteiger partial charge in [0.15, 0.2) is 0 Å². The predicted molar refractivity (Wildman–Crippen MR) is 76.9 cm³/mol. The lowest BCUT2D eigenvalue weighted by Gasteiger charge is -2.29. The van der Waals surface area contributed by atoms with Crippen LogP contribution in [-0.2, 0) is 9.53 Å². The molecule has 112 valence electrons. The van der Waals surface area contributed by atoms with Crippen LogP contribution in [0.15, 0.2) is 0 Å². The highest BCUT2D eigenvalue weighted by molar-refractivity contribution is 5.82. The lowest BCUT2D eigenvalue weighted by Crippen LogP contribution is -2.51. The van der Waals surface area contributed by atoms with Crippen molar-refractivity contribution in [3.05, 3.63) is 0 Å². The van der Waals surface area contributed by atoms with Gasteiger partial charge in [0.25, 0.3) is 0 Å². The summed E-state index contributed by atoms with van der Waals surface area (Å²) in [6, 6.07) is -0.263. The zero-order chi connectivity index (χ0) is 14.3. The molecular formula is C14H29N3O2. The lowest BCUT2D eigenvalue weighted by molar-refractivity contribution is -0.125. The van der Waals surface area contributed by atoms with Gasteiger partial charge in [0.2, 0.25) is 5.91 Å². The lowest BCUT2D eigenvalue weighted by atomic mass is 9.91. The number of nitrogens with zero attached hydrogens (tertiary/aromatic N) is 1. The molecule has 3 N–H and O–H groups in total. The van der Waals surface area contributed by atoms with Crippen molar-refractivity contribution in [2.45, 2.75) is 45.7 Å². The summed E-state index contributed by atoms with van der Waals surface area (Å²) in [4.78, 5) is 14.4. The van der Waals surface area contributed by atoms with Crippen LogP contribution in [0.4, 0.5) is 0 Å². The molecule has 1 heterocycles. The number of hydrogen-bond acceptors (Lipinski definition) is 4. The van der Waals surface area contributed by atoms with Gasteiger partial charge in [0, 0.05) is 25.8 Å². The number of rotatable bonds is 7. The third-order valence-corrected chi connectivity index (χ3v) is 3.89. The molecule has 0 aliphatic carbocycles. The zero-order valence-electron chi connectivity index (χ0n) is 12.5. The summed E-state index contributed by atoms with van der Waals surface area (Å²) < 4.78 is 5.30. The molecule has 0 aromatic carbocycles.